The Morgan fingerprint density at radius 3 is 2.75 bits per heavy atom. The van der Waals surface area contributed by atoms with Crippen LogP contribution >= 0.6 is 38.9 Å². The van der Waals surface area contributed by atoms with Crippen LogP contribution in [-0.2, 0) is 0 Å². The predicted octanol–water partition coefficient (Wildman–Crippen LogP) is 5.38. The predicted molar refractivity (Wildman–Crippen MR) is 87.1 cm³/mol. The largest absolute Gasteiger partial charge is 0.380 e. The van der Waals surface area contributed by atoms with Gasteiger partial charge >= 0.3 is 0 Å². The van der Waals surface area contributed by atoms with E-state index in [0.717, 1.165) is 26.0 Å². The fourth-order valence-corrected chi connectivity index (χ4v) is 3.71. The lowest BCUT2D eigenvalue weighted by Gasteiger charge is -2.04. The van der Waals surface area contributed by atoms with E-state index in [-0.39, 0.29) is 0 Å². The van der Waals surface area contributed by atoms with E-state index in [1.165, 1.54) is 11.3 Å². The van der Waals surface area contributed by atoms with Gasteiger partial charge in [0, 0.05) is 10.0 Å². The molecule has 2 heterocycles. The summed E-state index contributed by atoms with van der Waals surface area (Å²) < 4.78 is 6.35. The van der Waals surface area contributed by atoms with Crippen molar-refractivity contribution in [3.8, 4) is 21.8 Å². The fourth-order valence-electron chi connectivity index (χ4n) is 1.96. The van der Waals surface area contributed by atoms with Gasteiger partial charge in [-0.15, -0.1) is 11.3 Å². The Hall–Kier alpha value is -1.30. The molecule has 1 aromatic carbocycles. The third kappa shape index (κ3) is 2.16. The van der Waals surface area contributed by atoms with E-state index in [1.54, 1.807) is 0 Å². The zero-order valence-corrected chi connectivity index (χ0v) is 13.6. The standard InChI is InChI=1S/C14H10BrClN2OS/c1-7-6-20-13(11(7)16)12-10(14(17)18-19-12)8-4-2-3-5-9(8)15/h2-6H,1H3,(H2,17,18). The first-order valence-electron chi connectivity index (χ1n) is 5.83. The molecule has 0 aliphatic heterocycles. The van der Waals surface area contributed by atoms with E-state index >= 15 is 0 Å². The maximum atomic E-state index is 6.32. The van der Waals surface area contributed by atoms with E-state index in [1.807, 2.05) is 36.6 Å². The Balaban J connectivity index is 2.26. The zero-order chi connectivity index (χ0) is 14.3. The molecule has 3 rings (SSSR count). The lowest BCUT2D eigenvalue weighted by Crippen LogP contribution is -1.89. The van der Waals surface area contributed by atoms with Crippen LogP contribution in [0.3, 0.4) is 0 Å². The summed E-state index contributed by atoms with van der Waals surface area (Å²) in [5.74, 6) is 0.964. The van der Waals surface area contributed by atoms with Gasteiger partial charge in [0.1, 0.15) is 0 Å². The van der Waals surface area contributed by atoms with E-state index in [4.69, 9.17) is 21.9 Å². The normalized spacial score (nSPS) is 10.9. The average Bonchev–Trinajstić information content (AvgIpc) is 2.95. The van der Waals surface area contributed by atoms with Crippen LogP contribution in [0.5, 0.6) is 0 Å². The van der Waals surface area contributed by atoms with E-state index < -0.39 is 0 Å². The number of benzene rings is 1. The maximum Gasteiger partial charge on any atom is 0.188 e. The van der Waals surface area contributed by atoms with Crippen molar-refractivity contribution >= 4 is 44.7 Å². The highest BCUT2D eigenvalue weighted by Gasteiger charge is 2.23. The Kier molecular flexibility index (Phi) is 3.58. The first-order valence-corrected chi connectivity index (χ1v) is 7.88. The van der Waals surface area contributed by atoms with Crippen molar-refractivity contribution in [2.45, 2.75) is 6.92 Å². The van der Waals surface area contributed by atoms with Crippen molar-refractivity contribution in [2.24, 2.45) is 0 Å². The minimum atomic E-state index is 0.356. The fraction of sp³-hybridized carbons (Fsp3) is 0.0714. The van der Waals surface area contributed by atoms with Crippen LogP contribution < -0.4 is 5.73 Å². The van der Waals surface area contributed by atoms with Crippen molar-refractivity contribution in [1.82, 2.24) is 5.16 Å². The third-order valence-electron chi connectivity index (χ3n) is 2.97. The van der Waals surface area contributed by atoms with Gasteiger partial charge in [0.25, 0.3) is 0 Å². The third-order valence-corrected chi connectivity index (χ3v) is 5.35. The minimum Gasteiger partial charge on any atom is -0.380 e. The molecule has 0 bridgehead atoms. The number of hydrogen-bond acceptors (Lipinski definition) is 4. The van der Waals surface area contributed by atoms with Crippen molar-refractivity contribution in [3.63, 3.8) is 0 Å². The monoisotopic (exact) mass is 368 g/mol. The summed E-state index contributed by atoms with van der Waals surface area (Å²) in [4.78, 5) is 0.846. The Labute approximate surface area is 133 Å². The van der Waals surface area contributed by atoms with E-state index in [9.17, 15) is 0 Å². The molecule has 0 amide bonds. The van der Waals surface area contributed by atoms with Crippen molar-refractivity contribution in [1.29, 1.82) is 0 Å². The van der Waals surface area contributed by atoms with Gasteiger partial charge in [-0.2, -0.15) is 0 Å². The lowest BCUT2D eigenvalue weighted by atomic mass is 10.0. The summed E-state index contributed by atoms with van der Waals surface area (Å²) in [5.41, 5.74) is 8.68. The van der Waals surface area contributed by atoms with Gasteiger partial charge < -0.3 is 10.3 Å². The van der Waals surface area contributed by atoms with Crippen molar-refractivity contribution < 1.29 is 4.52 Å². The highest BCUT2D eigenvalue weighted by molar-refractivity contribution is 9.10. The summed E-state index contributed by atoms with van der Waals surface area (Å²) in [5, 5.41) is 6.56. The first-order chi connectivity index (χ1) is 9.59. The number of hydrogen-bond donors (Lipinski definition) is 1. The molecule has 0 unspecified atom stereocenters. The SMILES string of the molecule is Cc1csc(-c2onc(N)c2-c2ccccc2Br)c1Cl. The van der Waals surface area contributed by atoms with Crippen LogP contribution in [0, 0.1) is 6.92 Å². The topological polar surface area (TPSA) is 52.0 Å². The van der Waals surface area contributed by atoms with Gasteiger partial charge in [-0.05, 0) is 23.9 Å². The number of nitrogens with zero attached hydrogens (tertiary/aromatic N) is 1. The Morgan fingerprint density at radius 2 is 2.10 bits per heavy atom. The molecule has 0 radical (unpaired) electrons. The molecule has 3 aromatic rings. The molecular weight excluding hydrogens is 360 g/mol. The van der Waals surface area contributed by atoms with Gasteiger partial charge in [0.05, 0.1) is 15.5 Å². The molecule has 2 N–H and O–H groups in total. The lowest BCUT2D eigenvalue weighted by molar-refractivity contribution is 0.437. The second-order valence-electron chi connectivity index (χ2n) is 4.31. The van der Waals surface area contributed by atoms with E-state index in [0.29, 0.717) is 16.6 Å². The number of aromatic nitrogens is 1. The molecule has 0 saturated carbocycles. The van der Waals surface area contributed by atoms with Crippen LogP contribution in [0.1, 0.15) is 5.56 Å². The number of anilines is 1. The van der Waals surface area contributed by atoms with Crippen LogP contribution in [0.15, 0.2) is 38.6 Å². The van der Waals surface area contributed by atoms with Crippen LogP contribution in [0.2, 0.25) is 5.02 Å². The molecule has 3 nitrogen and oxygen atoms in total. The van der Waals surface area contributed by atoms with Gasteiger partial charge in [-0.3, -0.25) is 0 Å². The number of aryl methyl sites for hydroxylation is 1. The zero-order valence-electron chi connectivity index (χ0n) is 10.5. The number of nitrogens with two attached hydrogens (primary N) is 1. The molecular formula is C14H10BrClN2OS. The molecule has 0 aliphatic rings. The smallest absolute Gasteiger partial charge is 0.188 e. The number of rotatable bonds is 2. The van der Waals surface area contributed by atoms with Crippen molar-refractivity contribution in [2.75, 3.05) is 5.73 Å². The summed E-state index contributed by atoms with van der Waals surface area (Å²) in [7, 11) is 0. The highest BCUT2D eigenvalue weighted by Crippen LogP contribution is 2.45. The molecule has 102 valence electrons. The summed E-state index contributed by atoms with van der Waals surface area (Å²) in [6.07, 6.45) is 0. The number of thiophene rings is 1. The van der Waals surface area contributed by atoms with E-state index in [2.05, 4.69) is 21.1 Å². The van der Waals surface area contributed by atoms with Crippen LogP contribution in [0.25, 0.3) is 21.8 Å². The first kappa shape index (κ1) is 13.7. The highest BCUT2D eigenvalue weighted by atomic mass is 79.9. The van der Waals surface area contributed by atoms with Gasteiger partial charge in [-0.1, -0.05) is 50.9 Å². The molecule has 0 aliphatic carbocycles. The summed E-state index contributed by atoms with van der Waals surface area (Å²) in [6, 6.07) is 7.80. The average molecular weight is 370 g/mol. The second kappa shape index (κ2) is 5.24. The van der Waals surface area contributed by atoms with Gasteiger partial charge in [0.15, 0.2) is 11.6 Å². The van der Waals surface area contributed by atoms with Crippen LogP contribution in [0.4, 0.5) is 5.82 Å². The number of nitrogen functional groups attached to an aromatic ring is 1. The molecule has 2 aromatic heterocycles. The molecule has 0 fully saturated rings. The Morgan fingerprint density at radius 1 is 1.35 bits per heavy atom. The van der Waals surface area contributed by atoms with Gasteiger partial charge in [-0.25, -0.2) is 0 Å². The van der Waals surface area contributed by atoms with Gasteiger partial charge in [0.2, 0.25) is 0 Å². The molecule has 0 saturated heterocycles. The minimum absolute atomic E-state index is 0.356. The Bertz CT molecular complexity index is 781. The summed E-state index contributed by atoms with van der Waals surface area (Å²) >= 11 is 11.4. The molecule has 6 heteroatoms. The quantitative estimate of drug-likeness (QED) is 0.660. The van der Waals surface area contributed by atoms with Crippen molar-refractivity contribution in [3.05, 3.63) is 44.7 Å². The summed E-state index contributed by atoms with van der Waals surface area (Å²) in [6.45, 7) is 1.96. The maximum absolute atomic E-state index is 6.32. The molecule has 0 spiro atoms. The van der Waals surface area contributed by atoms with Crippen LogP contribution in [-0.4, -0.2) is 5.16 Å². The number of halogens is 2. The molecule has 20 heavy (non-hydrogen) atoms. The molecule has 0 atom stereocenters. The second-order valence-corrected chi connectivity index (χ2v) is 6.43.